The highest BCUT2D eigenvalue weighted by Gasteiger charge is 2.12. The maximum Gasteiger partial charge on any atom is 0.160 e. The molecule has 0 aliphatic carbocycles. The lowest BCUT2D eigenvalue weighted by Gasteiger charge is -2.10. The van der Waals surface area contributed by atoms with Crippen LogP contribution >= 0.6 is 0 Å². The third-order valence-corrected chi connectivity index (χ3v) is 9.11. The monoisotopic (exact) mass is 638 g/mol. The predicted molar refractivity (Wildman–Crippen MR) is 205 cm³/mol. The zero-order valence-electron chi connectivity index (χ0n) is 27.1. The number of fused-ring (bicyclic) bond motifs is 3. The van der Waals surface area contributed by atoms with Crippen LogP contribution in [-0.4, -0.2) is 19.9 Å². The Morgan fingerprint density at radius 2 is 0.580 bits per heavy atom. The maximum atomic E-state index is 5.14. The molecule has 0 fully saturated rings. The molecule has 0 atom stereocenters. The molecule has 0 amide bonds. The van der Waals surface area contributed by atoms with Gasteiger partial charge in [0.1, 0.15) is 0 Å². The van der Waals surface area contributed by atoms with E-state index >= 15 is 0 Å². The number of pyridine rings is 2. The zero-order chi connectivity index (χ0) is 33.3. The summed E-state index contributed by atoms with van der Waals surface area (Å²) in [7, 11) is 0. The Balaban J connectivity index is 1.02. The minimum Gasteiger partial charge on any atom is -0.245 e. The molecule has 4 nitrogen and oxygen atoms in total. The van der Waals surface area contributed by atoms with Crippen LogP contribution in [0, 0.1) is 0 Å². The van der Waals surface area contributed by atoms with Crippen molar-refractivity contribution >= 4 is 21.8 Å². The van der Waals surface area contributed by atoms with Crippen LogP contribution in [0.2, 0.25) is 0 Å². The van der Waals surface area contributed by atoms with E-state index in [2.05, 4.69) is 127 Å². The molecule has 50 heavy (non-hydrogen) atoms. The van der Waals surface area contributed by atoms with Gasteiger partial charge in [0.05, 0.1) is 33.8 Å². The summed E-state index contributed by atoms with van der Waals surface area (Å²) in [6.45, 7) is 0. The standard InChI is InChI=1S/C46H30N4/c1-4-10-33(11-5-1)40-28-26-37-24-25-38-27-29-41(48-45(38)44(37)47-40)35-20-16-31(17-21-35)32-18-22-36(23-19-32)43-30-42(34-12-6-2-7-13-34)49-46(50-43)39-14-8-3-9-15-39/h1-30H. The summed E-state index contributed by atoms with van der Waals surface area (Å²) in [5, 5.41) is 2.15. The molecule has 0 saturated carbocycles. The Bertz CT molecular complexity index is 2540. The van der Waals surface area contributed by atoms with Gasteiger partial charge in [-0.25, -0.2) is 19.9 Å². The first kappa shape index (κ1) is 29.4. The van der Waals surface area contributed by atoms with E-state index in [-0.39, 0.29) is 0 Å². The summed E-state index contributed by atoms with van der Waals surface area (Å²) in [4.78, 5) is 20.1. The molecule has 3 aromatic heterocycles. The van der Waals surface area contributed by atoms with Crippen LogP contribution in [0.5, 0.6) is 0 Å². The molecule has 0 aliphatic heterocycles. The fraction of sp³-hybridized carbons (Fsp3) is 0. The average molecular weight is 639 g/mol. The molecule has 0 aliphatic rings. The largest absolute Gasteiger partial charge is 0.245 e. The number of aromatic nitrogens is 4. The molecule has 0 unspecified atom stereocenters. The van der Waals surface area contributed by atoms with E-state index in [0.717, 1.165) is 83.5 Å². The quantitative estimate of drug-likeness (QED) is 0.170. The second-order valence-corrected chi connectivity index (χ2v) is 12.3. The molecule has 234 valence electrons. The van der Waals surface area contributed by atoms with Crippen LogP contribution in [0.4, 0.5) is 0 Å². The molecule has 3 heterocycles. The van der Waals surface area contributed by atoms with Crippen molar-refractivity contribution in [2.45, 2.75) is 0 Å². The van der Waals surface area contributed by atoms with Gasteiger partial charge in [-0.05, 0) is 29.3 Å². The number of benzene rings is 6. The first-order chi connectivity index (χ1) is 24.7. The lowest BCUT2D eigenvalue weighted by molar-refractivity contribution is 1.18. The van der Waals surface area contributed by atoms with Gasteiger partial charge >= 0.3 is 0 Å². The van der Waals surface area contributed by atoms with Crippen molar-refractivity contribution in [1.29, 1.82) is 0 Å². The summed E-state index contributed by atoms with van der Waals surface area (Å²) in [6.07, 6.45) is 0. The Labute approximate surface area is 290 Å². The first-order valence-corrected chi connectivity index (χ1v) is 16.7. The van der Waals surface area contributed by atoms with E-state index in [1.165, 1.54) is 0 Å². The van der Waals surface area contributed by atoms with Crippen molar-refractivity contribution in [1.82, 2.24) is 19.9 Å². The molecule has 0 bridgehead atoms. The molecular weight excluding hydrogens is 609 g/mol. The molecule has 0 spiro atoms. The van der Waals surface area contributed by atoms with Gasteiger partial charge in [-0.2, -0.15) is 0 Å². The van der Waals surface area contributed by atoms with E-state index in [4.69, 9.17) is 19.9 Å². The normalized spacial score (nSPS) is 11.2. The molecule has 0 radical (unpaired) electrons. The van der Waals surface area contributed by atoms with Crippen molar-refractivity contribution in [2.75, 3.05) is 0 Å². The molecule has 6 aromatic carbocycles. The smallest absolute Gasteiger partial charge is 0.160 e. The Hall–Kier alpha value is -6.78. The minimum atomic E-state index is 0.712. The van der Waals surface area contributed by atoms with Crippen LogP contribution in [0.25, 0.3) is 89.4 Å². The lowest BCUT2D eigenvalue weighted by Crippen LogP contribution is -1.95. The van der Waals surface area contributed by atoms with E-state index in [9.17, 15) is 0 Å². The van der Waals surface area contributed by atoms with Crippen molar-refractivity contribution in [3.63, 3.8) is 0 Å². The first-order valence-electron chi connectivity index (χ1n) is 16.7. The Morgan fingerprint density at radius 1 is 0.240 bits per heavy atom. The minimum absolute atomic E-state index is 0.712. The highest BCUT2D eigenvalue weighted by atomic mass is 14.9. The van der Waals surface area contributed by atoms with Gasteiger partial charge in [0, 0.05) is 38.6 Å². The van der Waals surface area contributed by atoms with Crippen molar-refractivity contribution < 1.29 is 0 Å². The fourth-order valence-electron chi connectivity index (χ4n) is 6.43. The van der Waals surface area contributed by atoms with Crippen LogP contribution < -0.4 is 0 Å². The van der Waals surface area contributed by atoms with E-state index in [1.807, 2.05) is 54.6 Å². The number of hydrogen-bond acceptors (Lipinski definition) is 4. The van der Waals surface area contributed by atoms with Crippen LogP contribution in [0.15, 0.2) is 182 Å². The van der Waals surface area contributed by atoms with E-state index in [0.29, 0.717) is 5.82 Å². The SMILES string of the molecule is c1ccc(-c2cc(-c3ccc(-c4ccc(-c5ccc6ccc7ccc(-c8ccccc8)nc7c6n5)cc4)cc3)nc(-c3ccccc3)n2)cc1. The zero-order valence-corrected chi connectivity index (χ0v) is 27.1. The third kappa shape index (κ3) is 5.69. The molecule has 0 N–H and O–H groups in total. The lowest BCUT2D eigenvalue weighted by atomic mass is 9.99. The third-order valence-electron chi connectivity index (χ3n) is 9.11. The van der Waals surface area contributed by atoms with Gasteiger partial charge in [0.2, 0.25) is 0 Å². The molecule has 9 aromatic rings. The van der Waals surface area contributed by atoms with Crippen molar-refractivity contribution in [3.8, 4) is 67.5 Å². The van der Waals surface area contributed by atoms with Gasteiger partial charge in [-0.15, -0.1) is 0 Å². The maximum absolute atomic E-state index is 5.14. The topological polar surface area (TPSA) is 51.6 Å². The summed E-state index contributed by atoms with van der Waals surface area (Å²) >= 11 is 0. The summed E-state index contributed by atoms with van der Waals surface area (Å²) < 4.78 is 0. The molecular formula is C46H30N4. The second kappa shape index (κ2) is 12.7. The molecule has 0 saturated heterocycles. The van der Waals surface area contributed by atoms with Gasteiger partial charge in [-0.3, -0.25) is 0 Å². The van der Waals surface area contributed by atoms with E-state index < -0.39 is 0 Å². The highest BCUT2D eigenvalue weighted by Crippen LogP contribution is 2.32. The summed E-state index contributed by atoms with van der Waals surface area (Å²) in [5.41, 5.74) is 13.0. The predicted octanol–water partition coefficient (Wildman–Crippen LogP) is 11.6. The van der Waals surface area contributed by atoms with Gasteiger partial charge in [-0.1, -0.05) is 164 Å². The van der Waals surface area contributed by atoms with E-state index in [1.54, 1.807) is 0 Å². The second-order valence-electron chi connectivity index (χ2n) is 12.3. The van der Waals surface area contributed by atoms with Gasteiger partial charge < -0.3 is 0 Å². The van der Waals surface area contributed by atoms with Crippen molar-refractivity contribution in [3.05, 3.63) is 182 Å². The summed E-state index contributed by atoms with van der Waals surface area (Å²) in [6, 6.07) is 62.7. The number of rotatable bonds is 6. The molecule has 9 rings (SSSR count). The average Bonchev–Trinajstić information content (AvgIpc) is 3.21. The number of nitrogens with zero attached hydrogens (tertiary/aromatic N) is 4. The number of hydrogen-bond donors (Lipinski definition) is 0. The Morgan fingerprint density at radius 3 is 1.04 bits per heavy atom. The fourth-order valence-corrected chi connectivity index (χ4v) is 6.43. The summed E-state index contributed by atoms with van der Waals surface area (Å²) in [5.74, 6) is 0.712. The Kier molecular flexibility index (Phi) is 7.45. The van der Waals surface area contributed by atoms with Crippen molar-refractivity contribution in [2.24, 2.45) is 0 Å². The van der Waals surface area contributed by atoms with Crippen LogP contribution in [0.1, 0.15) is 0 Å². The van der Waals surface area contributed by atoms with Crippen LogP contribution in [0.3, 0.4) is 0 Å². The van der Waals surface area contributed by atoms with Gasteiger partial charge in [0.15, 0.2) is 5.82 Å². The van der Waals surface area contributed by atoms with Crippen LogP contribution in [-0.2, 0) is 0 Å². The highest BCUT2D eigenvalue weighted by molar-refractivity contribution is 6.04. The van der Waals surface area contributed by atoms with Gasteiger partial charge in [0.25, 0.3) is 0 Å². The molecule has 4 heteroatoms.